The maximum Gasteiger partial charge on any atom is 0.124 e. The molecule has 2 aromatic carbocycles. The number of likely N-dealkylation sites (tertiary alicyclic amines) is 1. The van der Waals surface area contributed by atoms with E-state index in [1.807, 2.05) is 36.4 Å². The van der Waals surface area contributed by atoms with Gasteiger partial charge in [0.15, 0.2) is 0 Å². The summed E-state index contributed by atoms with van der Waals surface area (Å²) in [6, 6.07) is 18.5. The summed E-state index contributed by atoms with van der Waals surface area (Å²) in [6.07, 6.45) is 0. The number of nitrogens with zero attached hydrogens (tertiary/aromatic N) is 2. The molecule has 0 unspecified atom stereocenters. The quantitative estimate of drug-likeness (QED) is 0.795. The largest absolute Gasteiger partial charge is 0.491 e. The molecule has 2 aliphatic rings. The summed E-state index contributed by atoms with van der Waals surface area (Å²) in [7, 11) is 2.09. The molecule has 2 aromatic rings. The highest BCUT2D eigenvalue weighted by Crippen LogP contribution is 2.57. The zero-order valence-electron chi connectivity index (χ0n) is 12.9. The molecule has 3 atom stereocenters. The van der Waals surface area contributed by atoms with Crippen molar-refractivity contribution in [2.24, 2.45) is 5.41 Å². The van der Waals surface area contributed by atoms with E-state index in [1.54, 1.807) is 0 Å². The lowest BCUT2D eigenvalue weighted by atomic mass is 9.69. The Hall–Kier alpha value is -2.02. The van der Waals surface area contributed by atoms with Crippen molar-refractivity contribution in [3.8, 4) is 11.8 Å². The van der Waals surface area contributed by atoms with Crippen molar-refractivity contribution in [2.75, 3.05) is 20.2 Å². The molecule has 4 heteroatoms. The van der Waals surface area contributed by atoms with E-state index in [2.05, 4.69) is 30.1 Å². The van der Waals surface area contributed by atoms with E-state index in [4.69, 9.17) is 16.3 Å². The molecule has 23 heavy (non-hydrogen) atoms. The minimum absolute atomic E-state index is 0.0430. The van der Waals surface area contributed by atoms with E-state index in [1.165, 1.54) is 0 Å². The van der Waals surface area contributed by atoms with Crippen LogP contribution in [0.25, 0.3) is 0 Å². The van der Waals surface area contributed by atoms with Gasteiger partial charge >= 0.3 is 0 Å². The van der Waals surface area contributed by atoms with Crippen molar-refractivity contribution < 1.29 is 4.74 Å². The molecule has 0 aromatic heterocycles. The fourth-order valence-electron chi connectivity index (χ4n) is 4.17. The molecule has 3 nitrogen and oxygen atoms in total. The average Bonchev–Trinajstić information content (AvgIpc) is 2.89. The maximum absolute atomic E-state index is 10.1. The van der Waals surface area contributed by atoms with Crippen molar-refractivity contribution in [3.05, 3.63) is 64.7 Å². The number of nitriles is 1. The third-order valence-corrected chi connectivity index (χ3v) is 5.40. The number of rotatable bonds is 1. The molecule has 0 N–H and O–H groups in total. The van der Waals surface area contributed by atoms with Crippen LogP contribution in [0.3, 0.4) is 0 Å². The summed E-state index contributed by atoms with van der Waals surface area (Å²) in [4.78, 5) is 2.27. The molecule has 0 aliphatic carbocycles. The highest BCUT2D eigenvalue weighted by molar-refractivity contribution is 6.30. The van der Waals surface area contributed by atoms with E-state index in [9.17, 15) is 5.26 Å². The fourth-order valence-corrected chi connectivity index (χ4v) is 4.37. The smallest absolute Gasteiger partial charge is 0.124 e. The van der Waals surface area contributed by atoms with Gasteiger partial charge in [-0.15, -0.1) is 0 Å². The first-order chi connectivity index (χ1) is 11.2. The topological polar surface area (TPSA) is 36.3 Å². The van der Waals surface area contributed by atoms with E-state index in [0.29, 0.717) is 11.6 Å². The lowest BCUT2D eigenvalue weighted by Gasteiger charge is -2.39. The molecule has 116 valence electrons. The highest BCUT2D eigenvalue weighted by Gasteiger charge is 2.58. The average molecular weight is 325 g/mol. The fraction of sp³-hybridized carbons (Fsp3) is 0.316. The Labute approximate surface area is 141 Å². The lowest BCUT2D eigenvalue weighted by Crippen LogP contribution is -2.40. The Morgan fingerprint density at radius 3 is 2.87 bits per heavy atom. The first-order valence-electron chi connectivity index (χ1n) is 7.74. The molecule has 0 amide bonds. The molecule has 0 radical (unpaired) electrons. The Bertz CT molecular complexity index is 800. The third-order valence-electron chi connectivity index (χ3n) is 5.16. The monoisotopic (exact) mass is 324 g/mol. The predicted octanol–water partition coefficient (Wildman–Crippen LogP) is 4.01. The predicted molar refractivity (Wildman–Crippen MR) is 89.5 cm³/mol. The molecule has 0 saturated carbocycles. The maximum atomic E-state index is 10.1. The summed E-state index contributed by atoms with van der Waals surface area (Å²) in [5.41, 5.74) is 1.62. The van der Waals surface area contributed by atoms with Gasteiger partial charge in [-0.05, 0) is 30.8 Å². The minimum Gasteiger partial charge on any atom is -0.491 e. The van der Waals surface area contributed by atoms with Gasteiger partial charge in [-0.1, -0.05) is 41.9 Å². The van der Waals surface area contributed by atoms with Crippen molar-refractivity contribution in [1.82, 2.24) is 4.90 Å². The summed E-state index contributed by atoms with van der Waals surface area (Å²) in [6.45, 7) is 1.23. The van der Waals surface area contributed by atoms with Gasteiger partial charge in [0.2, 0.25) is 0 Å². The van der Waals surface area contributed by atoms with Crippen LogP contribution in [0.15, 0.2) is 48.5 Å². The van der Waals surface area contributed by atoms with Crippen molar-refractivity contribution >= 4 is 11.6 Å². The molecule has 0 spiro atoms. The highest BCUT2D eigenvalue weighted by atomic mass is 35.5. The Morgan fingerprint density at radius 1 is 1.26 bits per heavy atom. The van der Waals surface area contributed by atoms with Gasteiger partial charge in [0, 0.05) is 23.0 Å². The number of ether oxygens (including phenoxy) is 1. The van der Waals surface area contributed by atoms with Crippen LogP contribution in [0.2, 0.25) is 5.02 Å². The number of benzene rings is 2. The molecule has 2 aliphatic heterocycles. The van der Waals surface area contributed by atoms with Gasteiger partial charge in [-0.25, -0.2) is 0 Å². The first-order valence-corrected chi connectivity index (χ1v) is 8.12. The number of para-hydroxylation sites is 1. The summed E-state index contributed by atoms with van der Waals surface area (Å²) < 4.78 is 5.98. The summed E-state index contributed by atoms with van der Waals surface area (Å²) in [5.74, 6) is 0.969. The van der Waals surface area contributed by atoms with Crippen LogP contribution in [-0.4, -0.2) is 25.1 Å². The summed E-state index contributed by atoms with van der Waals surface area (Å²) in [5, 5.41) is 10.8. The normalized spacial score (nSPS) is 29.3. The van der Waals surface area contributed by atoms with Crippen molar-refractivity contribution in [1.29, 1.82) is 5.26 Å². The van der Waals surface area contributed by atoms with E-state index in [0.717, 1.165) is 23.4 Å². The summed E-state index contributed by atoms with van der Waals surface area (Å²) >= 11 is 6.18. The van der Waals surface area contributed by atoms with E-state index in [-0.39, 0.29) is 12.0 Å². The first kappa shape index (κ1) is 14.6. The van der Waals surface area contributed by atoms with Gasteiger partial charge in [0.05, 0.1) is 12.1 Å². The number of hydrogen-bond donors (Lipinski definition) is 0. The van der Waals surface area contributed by atoms with Crippen LogP contribution in [0.4, 0.5) is 0 Å². The molecular weight excluding hydrogens is 308 g/mol. The third kappa shape index (κ3) is 2.06. The molecule has 0 bridgehead atoms. The van der Waals surface area contributed by atoms with E-state index >= 15 is 0 Å². The van der Waals surface area contributed by atoms with Crippen LogP contribution in [0, 0.1) is 16.7 Å². The molecular formula is C19H17ClN2O. The minimum atomic E-state index is -0.589. The van der Waals surface area contributed by atoms with Gasteiger partial charge < -0.3 is 4.74 Å². The Morgan fingerprint density at radius 2 is 2.09 bits per heavy atom. The number of fused-ring (bicyclic) bond motifs is 3. The van der Waals surface area contributed by atoms with Gasteiger partial charge in [0.1, 0.15) is 17.8 Å². The SMILES string of the molecule is CN1C[C@@H](c2cccc(Cl)c2)[C@]2(C#N)COc3ccccc3[C@H]12. The van der Waals surface area contributed by atoms with E-state index < -0.39 is 5.41 Å². The Kier molecular flexibility index (Phi) is 3.33. The van der Waals surface area contributed by atoms with Crippen LogP contribution in [-0.2, 0) is 0 Å². The zero-order valence-corrected chi connectivity index (χ0v) is 13.6. The molecule has 2 heterocycles. The van der Waals surface area contributed by atoms with Crippen LogP contribution < -0.4 is 4.74 Å². The van der Waals surface area contributed by atoms with Gasteiger partial charge in [-0.2, -0.15) is 5.26 Å². The van der Waals surface area contributed by atoms with Gasteiger partial charge in [-0.3, -0.25) is 4.90 Å². The van der Waals surface area contributed by atoms with Crippen molar-refractivity contribution in [2.45, 2.75) is 12.0 Å². The van der Waals surface area contributed by atoms with Crippen LogP contribution >= 0.6 is 11.6 Å². The van der Waals surface area contributed by atoms with Crippen molar-refractivity contribution in [3.63, 3.8) is 0 Å². The second-order valence-corrected chi connectivity index (χ2v) is 6.86. The van der Waals surface area contributed by atoms with Gasteiger partial charge in [0.25, 0.3) is 0 Å². The Balaban J connectivity index is 1.86. The lowest BCUT2D eigenvalue weighted by molar-refractivity contribution is 0.107. The molecule has 1 fully saturated rings. The number of likely N-dealkylation sites (N-methyl/N-ethyl adjacent to an activating group) is 1. The molecule has 1 saturated heterocycles. The second-order valence-electron chi connectivity index (χ2n) is 6.43. The zero-order chi connectivity index (χ0) is 16.0. The van der Waals surface area contributed by atoms with Crippen LogP contribution in [0.1, 0.15) is 23.1 Å². The second kappa shape index (κ2) is 5.26. The molecule has 4 rings (SSSR count). The standard InChI is InChI=1S/C19H17ClN2O/c1-22-10-16(13-5-4-6-14(20)9-13)19(11-21)12-23-17-8-3-2-7-15(17)18(19)22/h2-9,16,18H,10,12H2,1H3/t16-,18-,19-/m0/s1. The van der Waals surface area contributed by atoms with Crippen LogP contribution in [0.5, 0.6) is 5.75 Å². The number of halogens is 1. The number of hydrogen-bond acceptors (Lipinski definition) is 3.